The van der Waals surface area contributed by atoms with Crippen LogP contribution in [0.5, 0.6) is 0 Å². The first kappa shape index (κ1) is 15.1. The second kappa shape index (κ2) is 3.68. The topological polar surface area (TPSA) is 0 Å². The molecule has 134 valence electrons. The van der Waals surface area contributed by atoms with E-state index in [1.807, 2.05) is 0 Å². The Bertz CT molecular complexity index is 636. The molecular formula is C24H38. The summed E-state index contributed by atoms with van der Waals surface area (Å²) in [7, 11) is 0. The highest BCUT2D eigenvalue weighted by atomic mass is 14.9. The predicted octanol–water partition coefficient (Wildman–Crippen LogP) is 5.97. The van der Waals surface area contributed by atoms with Crippen molar-refractivity contribution in [2.24, 2.45) is 87.3 Å². The van der Waals surface area contributed by atoms with E-state index in [-0.39, 0.29) is 0 Å². The molecule has 9 aliphatic rings. The van der Waals surface area contributed by atoms with Gasteiger partial charge in [-0.05, 0) is 93.7 Å². The molecule has 0 aromatic heterocycles. The van der Waals surface area contributed by atoms with Gasteiger partial charge in [-0.15, -0.1) is 0 Å². The van der Waals surface area contributed by atoms with Gasteiger partial charge in [0.2, 0.25) is 0 Å². The highest BCUT2D eigenvalue weighted by Gasteiger charge is 2.86. The van der Waals surface area contributed by atoms with Crippen LogP contribution in [0.15, 0.2) is 0 Å². The molecule has 0 nitrogen and oxygen atoms in total. The maximum absolute atomic E-state index is 2.79. The van der Waals surface area contributed by atoms with Crippen LogP contribution < -0.4 is 0 Å². The van der Waals surface area contributed by atoms with E-state index >= 15 is 0 Å². The van der Waals surface area contributed by atoms with Crippen LogP contribution in [0.4, 0.5) is 0 Å². The van der Waals surface area contributed by atoms with Gasteiger partial charge >= 0.3 is 0 Å². The summed E-state index contributed by atoms with van der Waals surface area (Å²) >= 11 is 0. The summed E-state index contributed by atoms with van der Waals surface area (Å²) in [5.74, 6) is 12.2. The molecule has 0 radical (unpaired) electrons. The molecule has 0 N–H and O–H groups in total. The minimum Gasteiger partial charge on any atom is -0.0619 e. The summed E-state index contributed by atoms with van der Waals surface area (Å²) in [4.78, 5) is 0. The molecule has 0 aliphatic heterocycles. The van der Waals surface area contributed by atoms with Crippen molar-refractivity contribution < 1.29 is 0 Å². The van der Waals surface area contributed by atoms with Crippen molar-refractivity contribution in [3.8, 4) is 0 Å². The maximum atomic E-state index is 2.79. The first-order chi connectivity index (χ1) is 11.1. The lowest BCUT2D eigenvalue weighted by molar-refractivity contribution is -0.308. The average Bonchev–Trinajstić information content (AvgIpc) is 2.86. The molecule has 15 unspecified atom stereocenters. The SMILES string of the molecule is CC1C2C(C)C3CC4C(C)C3(C)C3(C)C(C)C5C1C2C5C(C)C43C. The molecule has 0 aromatic rings. The molecule has 15 atom stereocenters. The summed E-state index contributed by atoms with van der Waals surface area (Å²) in [5, 5.41) is 0. The van der Waals surface area contributed by atoms with E-state index in [4.69, 9.17) is 0 Å². The summed E-state index contributed by atoms with van der Waals surface area (Å²) in [6.45, 7) is 21.8. The normalized spacial score (nSPS) is 80.0. The third kappa shape index (κ3) is 0.970. The van der Waals surface area contributed by atoms with E-state index in [1.54, 1.807) is 6.42 Å². The van der Waals surface area contributed by atoms with Crippen molar-refractivity contribution in [1.82, 2.24) is 0 Å². The third-order valence-electron chi connectivity index (χ3n) is 13.5. The molecule has 9 rings (SSSR count). The quantitative estimate of drug-likeness (QED) is 0.514. The van der Waals surface area contributed by atoms with Gasteiger partial charge < -0.3 is 0 Å². The van der Waals surface area contributed by atoms with Crippen LogP contribution in [-0.4, -0.2) is 0 Å². The van der Waals surface area contributed by atoms with Crippen LogP contribution in [0.2, 0.25) is 0 Å². The summed E-state index contributed by atoms with van der Waals surface area (Å²) in [5.41, 5.74) is 1.73. The Morgan fingerprint density at radius 3 is 1.79 bits per heavy atom. The van der Waals surface area contributed by atoms with Gasteiger partial charge in [-0.1, -0.05) is 55.4 Å². The fraction of sp³-hybridized carbons (Fsp3) is 1.00. The van der Waals surface area contributed by atoms with Crippen molar-refractivity contribution in [3.05, 3.63) is 0 Å². The van der Waals surface area contributed by atoms with Crippen molar-refractivity contribution in [1.29, 1.82) is 0 Å². The predicted molar refractivity (Wildman–Crippen MR) is 99.2 cm³/mol. The van der Waals surface area contributed by atoms with E-state index in [2.05, 4.69) is 55.4 Å². The van der Waals surface area contributed by atoms with Crippen molar-refractivity contribution in [3.63, 3.8) is 0 Å². The van der Waals surface area contributed by atoms with Gasteiger partial charge in [0.25, 0.3) is 0 Å². The van der Waals surface area contributed by atoms with Gasteiger partial charge in [0, 0.05) is 0 Å². The molecule has 0 amide bonds. The van der Waals surface area contributed by atoms with Gasteiger partial charge in [-0.2, -0.15) is 0 Å². The number of rotatable bonds is 0. The molecule has 0 spiro atoms. The Hall–Kier alpha value is 0. The second-order valence-corrected chi connectivity index (χ2v) is 12.2. The first-order valence-corrected chi connectivity index (χ1v) is 11.1. The zero-order valence-electron chi connectivity index (χ0n) is 17.1. The standard InChI is InChI=1S/C24H38/c1-10-15-9-16-12(3)22(15,6)24(8)14(5)20-18-11(2)17(10)21(18)19(20)13(4)23(16,24)7/h10-21H,9H2,1-8H3. The Morgan fingerprint density at radius 2 is 1.12 bits per heavy atom. The minimum atomic E-state index is 0.560. The number of hydrogen-bond donors (Lipinski definition) is 0. The van der Waals surface area contributed by atoms with Gasteiger partial charge in [0.1, 0.15) is 0 Å². The van der Waals surface area contributed by atoms with E-state index < -0.39 is 0 Å². The third-order valence-corrected chi connectivity index (χ3v) is 13.5. The molecule has 0 saturated heterocycles. The van der Waals surface area contributed by atoms with Crippen molar-refractivity contribution in [2.45, 2.75) is 61.8 Å². The summed E-state index contributed by atoms with van der Waals surface area (Å²) < 4.78 is 0. The van der Waals surface area contributed by atoms with Gasteiger partial charge in [-0.25, -0.2) is 0 Å². The van der Waals surface area contributed by atoms with Crippen molar-refractivity contribution >= 4 is 0 Å². The van der Waals surface area contributed by atoms with Crippen LogP contribution in [0.1, 0.15) is 61.8 Å². The lowest BCUT2D eigenvalue weighted by atomic mass is 9.27. The fourth-order valence-corrected chi connectivity index (χ4v) is 12.4. The smallest absolute Gasteiger partial charge is 0.0179 e. The minimum absolute atomic E-state index is 0.560. The first-order valence-electron chi connectivity index (χ1n) is 11.1. The highest BCUT2D eigenvalue weighted by Crippen LogP contribution is 2.90. The lowest BCUT2D eigenvalue weighted by Gasteiger charge is -2.78. The molecule has 0 heteroatoms. The van der Waals surface area contributed by atoms with Crippen molar-refractivity contribution in [2.75, 3.05) is 0 Å². The Kier molecular flexibility index (Phi) is 2.31. The monoisotopic (exact) mass is 326 g/mol. The largest absolute Gasteiger partial charge is 0.0619 e. The lowest BCUT2D eigenvalue weighted by Crippen LogP contribution is -2.74. The summed E-state index contributed by atoms with van der Waals surface area (Å²) in [6.07, 6.45) is 1.56. The van der Waals surface area contributed by atoms with E-state index in [0.29, 0.717) is 16.2 Å². The molecule has 9 saturated carbocycles. The van der Waals surface area contributed by atoms with Gasteiger partial charge in [-0.3, -0.25) is 0 Å². The Labute approximate surface area is 149 Å². The second-order valence-electron chi connectivity index (χ2n) is 12.2. The van der Waals surface area contributed by atoms with Crippen LogP contribution in [0, 0.1) is 87.3 Å². The van der Waals surface area contributed by atoms with E-state index in [0.717, 1.165) is 71.0 Å². The van der Waals surface area contributed by atoms with Gasteiger partial charge in [0.15, 0.2) is 0 Å². The van der Waals surface area contributed by atoms with Gasteiger partial charge in [0.05, 0.1) is 0 Å². The molecule has 9 aliphatic carbocycles. The maximum Gasteiger partial charge on any atom is -0.0179 e. The zero-order chi connectivity index (χ0) is 17.1. The Balaban J connectivity index is 1.69. The molecule has 9 fully saturated rings. The zero-order valence-corrected chi connectivity index (χ0v) is 17.1. The molecular weight excluding hydrogens is 288 g/mol. The number of hydrogen-bond acceptors (Lipinski definition) is 0. The van der Waals surface area contributed by atoms with E-state index in [9.17, 15) is 0 Å². The molecule has 24 heavy (non-hydrogen) atoms. The molecule has 0 heterocycles. The van der Waals surface area contributed by atoms with Crippen LogP contribution in [-0.2, 0) is 0 Å². The molecule has 10 bridgehead atoms. The molecule has 0 aromatic carbocycles. The Morgan fingerprint density at radius 1 is 0.542 bits per heavy atom. The summed E-state index contributed by atoms with van der Waals surface area (Å²) in [6, 6.07) is 0. The van der Waals surface area contributed by atoms with E-state index in [1.165, 1.54) is 0 Å². The fourth-order valence-electron chi connectivity index (χ4n) is 12.4. The average molecular weight is 327 g/mol. The van der Waals surface area contributed by atoms with Crippen LogP contribution in [0.25, 0.3) is 0 Å². The van der Waals surface area contributed by atoms with Crippen LogP contribution in [0.3, 0.4) is 0 Å². The van der Waals surface area contributed by atoms with Crippen LogP contribution >= 0.6 is 0 Å². The highest BCUT2D eigenvalue weighted by molar-refractivity contribution is 5.33.